The van der Waals surface area contributed by atoms with Crippen LogP contribution in [0.4, 0.5) is 0 Å². The van der Waals surface area contributed by atoms with Gasteiger partial charge in [0.2, 0.25) is 5.88 Å². The molecule has 3 aromatic carbocycles. The first-order valence-electron chi connectivity index (χ1n) is 11.8. The number of rotatable bonds is 4. The number of para-hydroxylation sites is 1. The quantitative estimate of drug-likeness (QED) is 0.294. The summed E-state index contributed by atoms with van der Waals surface area (Å²) in [5, 5.41) is 13.6. The van der Waals surface area contributed by atoms with Crippen molar-refractivity contribution in [1.82, 2.24) is 14.5 Å². The maximum absolute atomic E-state index is 10.5. The largest absolute Gasteiger partial charge is 0.505 e. The Labute approximate surface area is 203 Å². The summed E-state index contributed by atoms with van der Waals surface area (Å²) < 4.78 is 8.37. The second-order valence-corrected chi connectivity index (χ2v) is 9.19. The summed E-state index contributed by atoms with van der Waals surface area (Å²) in [5.41, 5.74) is 4.66. The number of pyridine rings is 2. The van der Waals surface area contributed by atoms with Crippen molar-refractivity contribution < 1.29 is 9.84 Å². The summed E-state index contributed by atoms with van der Waals surface area (Å²) in [7, 11) is 0. The molecule has 0 amide bonds. The van der Waals surface area contributed by atoms with E-state index in [2.05, 4.69) is 65.9 Å². The predicted octanol–water partition coefficient (Wildman–Crippen LogP) is 7.66. The van der Waals surface area contributed by atoms with E-state index in [1.54, 1.807) is 0 Å². The summed E-state index contributed by atoms with van der Waals surface area (Å²) in [6.45, 7) is 6.23. The fourth-order valence-corrected chi connectivity index (χ4v) is 4.61. The number of ether oxygens (including phenoxy) is 1. The summed E-state index contributed by atoms with van der Waals surface area (Å²) in [4.78, 5) is 9.29. The minimum Gasteiger partial charge on any atom is -0.505 e. The van der Waals surface area contributed by atoms with Crippen molar-refractivity contribution >= 4 is 32.7 Å². The van der Waals surface area contributed by atoms with Gasteiger partial charge in [-0.1, -0.05) is 44.2 Å². The molecular formula is C30H25N3O2. The van der Waals surface area contributed by atoms with Crippen LogP contribution in [0.5, 0.6) is 17.4 Å². The van der Waals surface area contributed by atoms with E-state index in [4.69, 9.17) is 9.72 Å². The molecule has 0 saturated carbocycles. The first-order chi connectivity index (χ1) is 17.0. The molecule has 0 spiro atoms. The molecule has 5 nitrogen and oxygen atoms in total. The fraction of sp³-hybridized carbons (Fsp3) is 0.133. The molecule has 3 aromatic heterocycles. The molecule has 0 atom stereocenters. The van der Waals surface area contributed by atoms with Gasteiger partial charge in [-0.05, 0) is 60.4 Å². The van der Waals surface area contributed by atoms with Crippen LogP contribution < -0.4 is 4.74 Å². The molecule has 35 heavy (non-hydrogen) atoms. The van der Waals surface area contributed by atoms with E-state index in [0.29, 0.717) is 23.1 Å². The third-order valence-corrected chi connectivity index (χ3v) is 6.54. The number of hydrogen-bond acceptors (Lipinski definition) is 4. The number of phenolic OH excluding ortho intramolecular Hbond substituents is 1. The van der Waals surface area contributed by atoms with Gasteiger partial charge in [-0.2, -0.15) is 0 Å². The number of hydrogen-bond donors (Lipinski definition) is 1. The predicted molar refractivity (Wildman–Crippen MR) is 141 cm³/mol. The Balaban J connectivity index is 1.51. The van der Waals surface area contributed by atoms with Gasteiger partial charge >= 0.3 is 0 Å². The van der Waals surface area contributed by atoms with Crippen LogP contribution in [0, 0.1) is 6.92 Å². The number of aromatic hydroxyl groups is 1. The second-order valence-electron chi connectivity index (χ2n) is 9.19. The van der Waals surface area contributed by atoms with Gasteiger partial charge in [-0.3, -0.25) is 4.57 Å². The first-order valence-corrected chi connectivity index (χ1v) is 11.8. The van der Waals surface area contributed by atoms with Crippen molar-refractivity contribution in [2.75, 3.05) is 0 Å². The number of fused-ring (bicyclic) bond motifs is 4. The van der Waals surface area contributed by atoms with E-state index >= 15 is 0 Å². The molecule has 0 fully saturated rings. The molecule has 6 aromatic rings. The zero-order valence-electron chi connectivity index (χ0n) is 19.9. The molecule has 0 aliphatic carbocycles. The Morgan fingerprint density at radius 2 is 1.66 bits per heavy atom. The zero-order chi connectivity index (χ0) is 24.1. The average molecular weight is 460 g/mol. The van der Waals surface area contributed by atoms with Crippen LogP contribution >= 0.6 is 0 Å². The second kappa shape index (κ2) is 8.13. The number of benzene rings is 3. The molecule has 0 aliphatic heterocycles. The van der Waals surface area contributed by atoms with Crippen molar-refractivity contribution in [2.24, 2.45) is 0 Å². The minimum atomic E-state index is 0.180. The van der Waals surface area contributed by atoms with E-state index in [0.717, 1.165) is 38.6 Å². The molecule has 0 bridgehead atoms. The standard InChI is InChI=1S/C30H25N3O2/c1-18(2)21-14-15-31-27(16-21)33-25-7-5-4-6-23(25)24-12-11-22(17-26(24)33)35-28-13-10-20-9-8-19(3)30(34)29(20)32-28/h4-18,34H,1-3H3. The number of aromatic nitrogens is 3. The molecular weight excluding hydrogens is 434 g/mol. The van der Waals surface area contributed by atoms with Crippen molar-refractivity contribution in [2.45, 2.75) is 26.7 Å². The molecule has 3 heterocycles. The van der Waals surface area contributed by atoms with Gasteiger partial charge < -0.3 is 9.84 Å². The highest BCUT2D eigenvalue weighted by molar-refractivity contribution is 6.09. The smallest absolute Gasteiger partial charge is 0.219 e. The highest BCUT2D eigenvalue weighted by Gasteiger charge is 2.15. The van der Waals surface area contributed by atoms with E-state index in [1.165, 1.54) is 5.56 Å². The topological polar surface area (TPSA) is 60.2 Å². The first kappa shape index (κ1) is 21.2. The molecule has 6 rings (SSSR count). The maximum Gasteiger partial charge on any atom is 0.219 e. The van der Waals surface area contributed by atoms with Gasteiger partial charge in [-0.25, -0.2) is 9.97 Å². The molecule has 0 unspecified atom stereocenters. The van der Waals surface area contributed by atoms with Crippen molar-refractivity contribution in [3.05, 3.63) is 96.2 Å². The van der Waals surface area contributed by atoms with Crippen LogP contribution in [0.3, 0.4) is 0 Å². The van der Waals surface area contributed by atoms with Crippen LogP contribution in [0.2, 0.25) is 0 Å². The molecule has 172 valence electrons. The Bertz CT molecular complexity index is 1730. The van der Waals surface area contributed by atoms with Crippen molar-refractivity contribution in [3.63, 3.8) is 0 Å². The van der Waals surface area contributed by atoms with E-state index in [-0.39, 0.29) is 5.75 Å². The monoisotopic (exact) mass is 459 g/mol. The van der Waals surface area contributed by atoms with E-state index in [9.17, 15) is 5.11 Å². The van der Waals surface area contributed by atoms with Gasteiger partial charge in [0.25, 0.3) is 0 Å². The maximum atomic E-state index is 10.5. The van der Waals surface area contributed by atoms with Gasteiger partial charge in [0.15, 0.2) is 0 Å². The third-order valence-electron chi connectivity index (χ3n) is 6.54. The summed E-state index contributed by atoms with van der Waals surface area (Å²) >= 11 is 0. The van der Waals surface area contributed by atoms with Crippen molar-refractivity contribution in [1.29, 1.82) is 0 Å². The highest BCUT2D eigenvalue weighted by Crippen LogP contribution is 2.36. The number of nitrogens with zero attached hydrogens (tertiary/aromatic N) is 3. The number of phenols is 1. The molecule has 0 aliphatic rings. The normalized spacial score (nSPS) is 11.7. The Morgan fingerprint density at radius 1 is 0.857 bits per heavy atom. The average Bonchev–Trinajstić information content (AvgIpc) is 3.20. The summed E-state index contributed by atoms with van der Waals surface area (Å²) in [6.07, 6.45) is 1.87. The van der Waals surface area contributed by atoms with E-state index in [1.807, 2.05) is 49.5 Å². The third kappa shape index (κ3) is 3.56. The van der Waals surface area contributed by atoms with Gasteiger partial charge in [-0.15, -0.1) is 0 Å². The Morgan fingerprint density at radius 3 is 2.51 bits per heavy atom. The lowest BCUT2D eigenvalue weighted by Gasteiger charge is -2.11. The lowest BCUT2D eigenvalue weighted by Crippen LogP contribution is -1.99. The van der Waals surface area contributed by atoms with Crippen LogP contribution in [-0.4, -0.2) is 19.6 Å². The lowest BCUT2D eigenvalue weighted by molar-refractivity contribution is 0.459. The van der Waals surface area contributed by atoms with Gasteiger partial charge in [0.05, 0.1) is 11.0 Å². The molecule has 0 saturated heterocycles. The molecule has 1 N–H and O–H groups in total. The Kier molecular flexibility index (Phi) is 4.92. The van der Waals surface area contributed by atoms with Crippen LogP contribution in [0.1, 0.15) is 30.9 Å². The fourth-order valence-electron chi connectivity index (χ4n) is 4.61. The molecule has 5 heteroatoms. The van der Waals surface area contributed by atoms with Crippen LogP contribution in [-0.2, 0) is 0 Å². The van der Waals surface area contributed by atoms with Crippen LogP contribution in [0.15, 0.2) is 85.1 Å². The Hall–Kier alpha value is -4.38. The van der Waals surface area contributed by atoms with Crippen LogP contribution in [0.25, 0.3) is 38.5 Å². The van der Waals surface area contributed by atoms with Crippen molar-refractivity contribution in [3.8, 4) is 23.2 Å². The minimum absolute atomic E-state index is 0.180. The summed E-state index contributed by atoms with van der Waals surface area (Å²) in [5.74, 6) is 2.56. The van der Waals surface area contributed by atoms with Gasteiger partial charge in [0.1, 0.15) is 22.8 Å². The highest BCUT2D eigenvalue weighted by atomic mass is 16.5. The SMILES string of the molecule is Cc1ccc2ccc(Oc3ccc4c5ccccc5n(-c5cc(C(C)C)ccn5)c4c3)nc2c1O. The van der Waals surface area contributed by atoms with Gasteiger partial charge in [0, 0.05) is 34.5 Å². The molecule has 0 radical (unpaired) electrons. The zero-order valence-corrected chi connectivity index (χ0v) is 19.9. The lowest BCUT2D eigenvalue weighted by atomic mass is 10.1. The summed E-state index contributed by atoms with van der Waals surface area (Å²) in [6, 6.07) is 26.2. The number of aryl methyl sites for hydroxylation is 1. The van der Waals surface area contributed by atoms with E-state index < -0.39 is 0 Å².